The summed E-state index contributed by atoms with van der Waals surface area (Å²) in [6.07, 6.45) is 3.19. The van der Waals surface area contributed by atoms with E-state index in [1.165, 1.54) is 21.9 Å². The van der Waals surface area contributed by atoms with E-state index in [1.54, 1.807) is 0 Å². The number of fused-ring (bicyclic) bond motifs is 1. The number of anilines is 1. The number of rotatable bonds is 7. The van der Waals surface area contributed by atoms with Crippen molar-refractivity contribution < 1.29 is 9.47 Å². The van der Waals surface area contributed by atoms with Gasteiger partial charge in [-0.3, -0.25) is 4.79 Å². The SMILES string of the molecule is CCc1cc(=O)n2nc(NCCOCC3CCCO3)sc2n1. The fourth-order valence-corrected chi connectivity index (χ4v) is 3.18. The molecule has 1 unspecified atom stereocenters. The molecule has 120 valence electrons. The number of hydrogen-bond donors (Lipinski definition) is 1. The molecule has 1 N–H and O–H groups in total. The van der Waals surface area contributed by atoms with Crippen LogP contribution in [0.25, 0.3) is 4.96 Å². The quantitative estimate of drug-likeness (QED) is 0.774. The Labute approximate surface area is 132 Å². The van der Waals surface area contributed by atoms with Crippen LogP contribution in [0, 0.1) is 0 Å². The van der Waals surface area contributed by atoms with E-state index in [1.807, 2.05) is 6.92 Å². The van der Waals surface area contributed by atoms with E-state index < -0.39 is 0 Å². The number of ether oxygens (including phenoxy) is 2. The second kappa shape index (κ2) is 7.17. The van der Waals surface area contributed by atoms with Crippen molar-refractivity contribution in [1.29, 1.82) is 0 Å². The second-order valence-electron chi connectivity index (χ2n) is 5.18. The summed E-state index contributed by atoms with van der Waals surface area (Å²) in [4.78, 5) is 16.9. The molecule has 1 atom stereocenters. The van der Waals surface area contributed by atoms with Crippen LogP contribution in [0.3, 0.4) is 0 Å². The summed E-state index contributed by atoms with van der Waals surface area (Å²) < 4.78 is 12.4. The van der Waals surface area contributed by atoms with E-state index in [2.05, 4.69) is 15.4 Å². The summed E-state index contributed by atoms with van der Waals surface area (Å²) >= 11 is 1.37. The molecule has 1 saturated heterocycles. The van der Waals surface area contributed by atoms with Gasteiger partial charge < -0.3 is 14.8 Å². The third-order valence-corrected chi connectivity index (χ3v) is 4.38. The molecule has 0 aromatic carbocycles. The lowest BCUT2D eigenvalue weighted by Gasteiger charge is -2.09. The van der Waals surface area contributed by atoms with Gasteiger partial charge in [-0.25, -0.2) is 4.98 Å². The molecule has 3 rings (SSSR count). The van der Waals surface area contributed by atoms with Gasteiger partial charge in [-0.2, -0.15) is 4.52 Å². The van der Waals surface area contributed by atoms with Crippen LogP contribution >= 0.6 is 11.3 Å². The zero-order chi connectivity index (χ0) is 15.4. The average Bonchev–Trinajstić information content (AvgIpc) is 3.16. The van der Waals surface area contributed by atoms with Crippen LogP contribution in [0.2, 0.25) is 0 Å². The van der Waals surface area contributed by atoms with E-state index >= 15 is 0 Å². The lowest BCUT2D eigenvalue weighted by Crippen LogP contribution is -2.18. The van der Waals surface area contributed by atoms with Gasteiger partial charge in [0.15, 0.2) is 0 Å². The number of nitrogens with one attached hydrogen (secondary N) is 1. The Bertz CT molecular complexity index is 678. The highest BCUT2D eigenvalue weighted by Gasteiger charge is 2.15. The average molecular weight is 324 g/mol. The van der Waals surface area contributed by atoms with Crippen molar-refractivity contribution in [3.05, 3.63) is 22.1 Å². The van der Waals surface area contributed by atoms with Gasteiger partial charge in [0.05, 0.1) is 19.3 Å². The maximum atomic E-state index is 11.9. The summed E-state index contributed by atoms with van der Waals surface area (Å²) in [5.74, 6) is 0. The monoisotopic (exact) mass is 324 g/mol. The van der Waals surface area contributed by atoms with E-state index in [4.69, 9.17) is 9.47 Å². The molecule has 8 heteroatoms. The smallest absolute Gasteiger partial charge is 0.275 e. The molecule has 0 aliphatic carbocycles. The van der Waals surface area contributed by atoms with Crippen molar-refractivity contribution in [2.75, 3.05) is 31.7 Å². The molecule has 3 heterocycles. The zero-order valence-corrected chi connectivity index (χ0v) is 13.4. The minimum absolute atomic E-state index is 0.138. The molecular formula is C14H20N4O3S. The first-order valence-corrected chi connectivity index (χ1v) is 8.41. The topological polar surface area (TPSA) is 77.8 Å². The highest BCUT2D eigenvalue weighted by Crippen LogP contribution is 2.16. The van der Waals surface area contributed by atoms with Gasteiger partial charge in [0, 0.05) is 24.9 Å². The Balaban J connectivity index is 1.51. The first-order valence-electron chi connectivity index (χ1n) is 7.59. The Morgan fingerprint density at radius 2 is 2.50 bits per heavy atom. The summed E-state index contributed by atoms with van der Waals surface area (Å²) in [6, 6.07) is 1.53. The molecule has 1 fully saturated rings. The highest BCUT2D eigenvalue weighted by molar-refractivity contribution is 7.20. The first kappa shape index (κ1) is 15.4. The number of hydrogen-bond acceptors (Lipinski definition) is 7. The maximum absolute atomic E-state index is 11.9. The van der Waals surface area contributed by atoms with Gasteiger partial charge in [0.2, 0.25) is 10.1 Å². The van der Waals surface area contributed by atoms with Crippen molar-refractivity contribution in [3.63, 3.8) is 0 Å². The Morgan fingerprint density at radius 1 is 1.59 bits per heavy atom. The van der Waals surface area contributed by atoms with Crippen LogP contribution in [-0.2, 0) is 15.9 Å². The van der Waals surface area contributed by atoms with Crippen LogP contribution < -0.4 is 10.9 Å². The molecule has 0 radical (unpaired) electrons. The van der Waals surface area contributed by atoms with Crippen molar-refractivity contribution in [1.82, 2.24) is 14.6 Å². The Kier molecular flexibility index (Phi) is 5.01. The number of nitrogens with zero attached hydrogens (tertiary/aromatic N) is 3. The van der Waals surface area contributed by atoms with Crippen LogP contribution in [-0.4, -0.2) is 47.1 Å². The third-order valence-electron chi connectivity index (χ3n) is 3.51. The first-order chi connectivity index (χ1) is 10.8. The van der Waals surface area contributed by atoms with Crippen molar-refractivity contribution in [2.45, 2.75) is 32.3 Å². The fourth-order valence-electron chi connectivity index (χ4n) is 2.33. The van der Waals surface area contributed by atoms with Gasteiger partial charge in [-0.15, -0.1) is 5.10 Å². The van der Waals surface area contributed by atoms with Gasteiger partial charge in [0.1, 0.15) is 0 Å². The molecular weight excluding hydrogens is 304 g/mol. The van der Waals surface area contributed by atoms with Gasteiger partial charge >= 0.3 is 0 Å². The summed E-state index contributed by atoms with van der Waals surface area (Å²) in [6.45, 7) is 4.69. The van der Waals surface area contributed by atoms with E-state index in [-0.39, 0.29) is 11.7 Å². The van der Waals surface area contributed by atoms with Crippen molar-refractivity contribution >= 4 is 21.4 Å². The molecule has 2 aromatic heterocycles. The minimum atomic E-state index is -0.138. The number of aromatic nitrogens is 3. The lowest BCUT2D eigenvalue weighted by atomic mass is 10.2. The van der Waals surface area contributed by atoms with Crippen LogP contribution in [0.1, 0.15) is 25.5 Å². The summed E-state index contributed by atoms with van der Waals surface area (Å²) in [7, 11) is 0. The summed E-state index contributed by atoms with van der Waals surface area (Å²) in [5.41, 5.74) is 0.654. The molecule has 1 aliphatic heterocycles. The Morgan fingerprint density at radius 3 is 3.27 bits per heavy atom. The predicted molar refractivity (Wildman–Crippen MR) is 84.8 cm³/mol. The molecule has 0 amide bonds. The normalized spacial score (nSPS) is 18.1. The molecule has 22 heavy (non-hydrogen) atoms. The van der Waals surface area contributed by atoms with Crippen LogP contribution in [0.5, 0.6) is 0 Å². The molecule has 1 aliphatic rings. The van der Waals surface area contributed by atoms with E-state index in [0.717, 1.165) is 31.6 Å². The highest BCUT2D eigenvalue weighted by atomic mass is 32.1. The van der Waals surface area contributed by atoms with Crippen molar-refractivity contribution in [2.24, 2.45) is 0 Å². The maximum Gasteiger partial charge on any atom is 0.275 e. The Hall–Kier alpha value is -1.51. The van der Waals surface area contributed by atoms with Gasteiger partial charge in [-0.1, -0.05) is 18.3 Å². The molecule has 0 bridgehead atoms. The molecule has 2 aromatic rings. The fraction of sp³-hybridized carbons (Fsp3) is 0.643. The summed E-state index contributed by atoms with van der Waals surface area (Å²) in [5, 5.41) is 8.08. The molecule has 0 spiro atoms. The third kappa shape index (κ3) is 3.63. The minimum Gasteiger partial charge on any atom is -0.377 e. The zero-order valence-electron chi connectivity index (χ0n) is 12.6. The molecule has 7 nitrogen and oxygen atoms in total. The van der Waals surface area contributed by atoms with Crippen LogP contribution in [0.15, 0.2) is 10.9 Å². The van der Waals surface area contributed by atoms with E-state index in [9.17, 15) is 4.79 Å². The lowest BCUT2D eigenvalue weighted by molar-refractivity contribution is 0.0206. The predicted octanol–water partition coefficient (Wildman–Crippen LogP) is 1.32. The number of aryl methyl sites for hydroxylation is 1. The van der Waals surface area contributed by atoms with E-state index in [0.29, 0.717) is 29.9 Å². The van der Waals surface area contributed by atoms with Crippen molar-refractivity contribution in [3.8, 4) is 0 Å². The van der Waals surface area contributed by atoms with Gasteiger partial charge in [-0.05, 0) is 19.3 Å². The van der Waals surface area contributed by atoms with Gasteiger partial charge in [0.25, 0.3) is 5.56 Å². The largest absolute Gasteiger partial charge is 0.377 e. The standard InChI is InChI=1S/C14H20N4O3S/c1-2-10-8-12(19)18-14(16-10)22-13(17-18)15-5-7-20-9-11-4-3-6-21-11/h8,11H,2-7,9H2,1H3,(H,15,17). The molecule has 0 saturated carbocycles. The van der Waals surface area contributed by atoms with Crippen LogP contribution in [0.4, 0.5) is 5.13 Å². The second-order valence-corrected chi connectivity index (χ2v) is 6.13.